The molecule has 0 bridgehead atoms. The lowest BCUT2D eigenvalue weighted by Crippen LogP contribution is -2.38. The Morgan fingerprint density at radius 2 is 1.73 bits per heavy atom. The number of hydrogen-bond donors (Lipinski definition) is 0. The zero-order valence-electron chi connectivity index (χ0n) is 18.2. The molecule has 1 aliphatic heterocycles. The Labute approximate surface area is 195 Å². The van der Waals surface area contributed by atoms with Crippen molar-refractivity contribution in [2.24, 2.45) is 4.99 Å². The van der Waals surface area contributed by atoms with E-state index in [1.54, 1.807) is 7.11 Å². The van der Waals surface area contributed by atoms with Crippen LogP contribution in [-0.4, -0.2) is 11.7 Å². The first-order valence-electron chi connectivity index (χ1n) is 11.0. The van der Waals surface area contributed by atoms with Crippen molar-refractivity contribution >= 4 is 23.1 Å². The van der Waals surface area contributed by atoms with Gasteiger partial charge in [-0.25, -0.2) is 4.99 Å². The average Bonchev–Trinajstić information content (AvgIpc) is 3.18. The number of hydrogen-bond acceptors (Lipinski definition) is 4. The fourth-order valence-corrected chi connectivity index (χ4v) is 5.81. The van der Waals surface area contributed by atoms with Gasteiger partial charge in [0, 0.05) is 5.56 Å². The molecule has 0 fully saturated rings. The Balaban J connectivity index is 1.59. The maximum Gasteiger partial charge on any atom is 0.271 e. The standard InChI is InChI=1S/C28H22N2O2S/c1-32-21-14-11-18(12-15-21)17-24-27(31)30-26(20-8-3-2-4-9-20)23-16-13-19-7-5-6-10-22(19)25(23)29-28(30)33-24/h2-12,14-15,17,26H,13,16H2,1H3/b24-17-. The number of methoxy groups -OCH3 is 1. The third kappa shape index (κ3) is 3.36. The van der Waals surface area contributed by atoms with Gasteiger partial charge >= 0.3 is 0 Å². The molecule has 0 saturated heterocycles. The van der Waals surface area contributed by atoms with Gasteiger partial charge in [0.25, 0.3) is 5.56 Å². The molecule has 1 aromatic heterocycles. The zero-order valence-corrected chi connectivity index (χ0v) is 19.0. The molecule has 2 heterocycles. The summed E-state index contributed by atoms with van der Waals surface area (Å²) in [5, 5.41) is 0. The van der Waals surface area contributed by atoms with E-state index in [0.717, 1.165) is 40.2 Å². The van der Waals surface area contributed by atoms with Crippen LogP contribution < -0.4 is 19.6 Å². The van der Waals surface area contributed by atoms with Crippen LogP contribution in [0.3, 0.4) is 0 Å². The molecule has 1 atom stereocenters. The van der Waals surface area contributed by atoms with Crippen molar-refractivity contribution in [3.05, 3.63) is 126 Å². The summed E-state index contributed by atoms with van der Waals surface area (Å²) in [6, 6.07) is 26.4. The molecular weight excluding hydrogens is 428 g/mol. The molecule has 0 radical (unpaired) electrons. The highest BCUT2D eigenvalue weighted by atomic mass is 32.1. The summed E-state index contributed by atoms with van der Waals surface area (Å²) in [4.78, 5) is 19.5. The van der Waals surface area contributed by atoms with Crippen molar-refractivity contribution in [2.75, 3.05) is 7.11 Å². The van der Waals surface area contributed by atoms with E-state index in [0.29, 0.717) is 4.53 Å². The van der Waals surface area contributed by atoms with Gasteiger partial charge in [0.1, 0.15) is 5.75 Å². The van der Waals surface area contributed by atoms with Crippen molar-refractivity contribution in [1.29, 1.82) is 0 Å². The van der Waals surface area contributed by atoms with Crippen molar-refractivity contribution in [2.45, 2.75) is 18.9 Å². The molecular formula is C28H22N2O2S. The smallest absolute Gasteiger partial charge is 0.271 e. The average molecular weight is 451 g/mol. The number of nitrogens with zero attached hydrogens (tertiary/aromatic N) is 2. The number of ether oxygens (including phenoxy) is 1. The van der Waals surface area contributed by atoms with Gasteiger partial charge < -0.3 is 4.74 Å². The van der Waals surface area contributed by atoms with Gasteiger partial charge in [0.05, 0.1) is 23.4 Å². The maximum absolute atomic E-state index is 13.7. The van der Waals surface area contributed by atoms with Gasteiger partial charge in [-0.05, 0) is 53.3 Å². The van der Waals surface area contributed by atoms with Crippen molar-refractivity contribution in [3.63, 3.8) is 0 Å². The molecule has 1 unspecified atom stereocenters. The van der Waals surface area contributed by atoms with Crippen LogP contribution in [0.2, 0.25) is 0 Å². The Kier molecular flexibility index (Phi) is 4.84. The molecule has 1 aliphatic carbocycles. The topological polar surface area (TPSA) is 43.6 Å². The molecule has 4 aromatic rings. The van der Waals surface area contributed by atoms with E-state index in [9.17, 15) is 4.79 Å². The Hall–Kier alpha value is -3.70. The quantitative estimate of drug-likeness (QED) is 0.466. The summed E-state index contributed by atoms with van der Waals surface area (Å²) < 4.78 is 7.84. The van der Waals surface area contributed by atoms with Crippen LogP contribution in [0.15, 0.2) is 94.2 Å². The van der Waals surface area contributed by atoms with Gasteiger partial charge in [-0.2, -0.15) is 0 Å². The third-order valence-electron chi connectivity index (χ3n) is 6.40. The highest BCUT2D eigenvalue weighted by Gasteiger charge is 2.32. The van der Waals surface area contributed by atoms with Gasteiger partial charge in [-0.1, -0.05) is 78.1 Å². The van der Waals surface area contributed by atoms with Gasteiger partial charge in [0.2, 0.25) is 0 Å². The van der Waals surface area contributed by atoms with Gasteiger partial charge in [-0.15, -0.1) is 0 Å². The van der Waals surface area contributed by atoms with Crippen molar-refractivity contribution in [3.8, 4) is 5.75 Å². The lowest BCUT2D eigenvalue weighted by atomic mass is 9.83. The lowest BCUT2D eigenvalue weighted by molar-refractivity contribution is 0.415. The zero-order chi connectivity index (χ0) is 22.4. The molecule has 0 spiro atoms. The highest BCUT2D eigenvalue weighted by Crippen LogP contribution is 2.41. The second-order valence-corrected chi connectivity index (χ2v) is 9.31. The number of benzene rings is 3. The van der Waals surface area contributed by atoms with Crippen molar-refractivity contribution < 1.29 is 4.74 Å². The van der Waals surface area contributed by atoms with Crippen LogP contribution in [0, 0.1) is 0 Å². The monoisotopic (exact) mass is 450 g/mol. The fraction of sp³-hybridized carbons (Fsp3) is 0.143. The van der Waals surface area contributed by atoms with Crippen LogP contribution in [0.1, 0.15) is 34.7 Å². The van der Waals surface area contributed by atoms with Crippen LogP contribution in [0.4, 0.5) is 0 Å². The number of thiazole rings is 1. The maximum atomic E-state index is 13.7. The van der Waals surface area contributed by atoms with E-state index in [-0.39, 0.29) is 11.6 Å². The molecule has 5 heteroatoms. The number of rotatable bonds is 3. The van der Waals surface area contributed by atoms with E-state index in [1.807, 2.05) is 53.1 Å². The first-order chi connectivity index (χ1) is 16.2. The SMILES string of the molecule is COc1ccc(/C=c2\sc3n(c2=O)C(c2ccccc2)C2=C(N=3)c3ccccc3CC2)cc1. The fourth-order valence-electron chi connectivity index (χ4n) is 4.81. The van der Waals surface area contributed by atoms with Crippen molar-refractivity contribution in [1.82, 2.24) is 4.57 Å². The van der Waals surface area contributed by atoms with E-state index in [2.05, 4.69) is 36.4 Å². The van der Waals surface area contributed by atoms with E-state index in [1.165, 1.54) is 28.0 Å². The number of fused-ring (bicyclic) bond motifs is 3. The number of allylic oxidation sites excluding steroid dienone is 1. The Bertz CT molecular complexity index is 1560. The summed E-state index contributed by atoms with van der Waals surface area (Å²) >= 11 is 1.46. The van der Waals surface area contributed by atoms with E-state index in [4.69, 9.17) is 9.73 Å². The predicted octanol–water partition coefficient (Wildman–Crippen LogP) is 4.33. The minimum Gasteiger partial charge on any atom is -0.497 e. The molecule has 33 heavy (non-hydrogen) atoms. The molecule has 0 N–H and O–H groups in total. The summed E-state index contributed by atoms with van der Waals surface area (Å²) in [5.41, 5.74) is 6.86. The first-order valence-corrected chi connectivity index (χ1v) is 11.9. The van der Waals surface area contributed by atoms with Crippen LogP contribution in [-0.2, 0) is 6.42 Å². The van der Waals surface area contributed by atoms with E-state index < -0.39 is 0 Å². The molecule has 162 valence electrons. The summed E-state index contributed by atoms with van der Waals surface area (Å²) in [7, 11) is 1.65. The minimum absolute atomic E-state index is 0.00818. The Morgan fingerprint density at radius 1 is 0.970 bits per heavy atom. The first kappa shape index (κ1) is 19.9. The molecule has 0 amide bonds. The normalized spacial score (nSPS) is 17.1. The molecule has 6 rings (SSSR count). The molecule has 4 nitrogen and oxygen atoms in total. The second-order valence-electron chi connectivity index (χ2n) is 8.30. The Morgan fingerprint density at radius 3 is 2.52 bits per heavy atom. The summed E-state index contributed by atoms with van der Waals surface area (Å²) in [6.07, 6.45) is 3.81. The third-order valence-corrected chi connectivity index (χ3v) is 7.38. The van der Waals surface area contributed by atoms with Gasteiger partial charge in [0.15, 0.2) is 4.80 Å². The molecule has 2 aliphatic rings. The van der Waals surface area contributed by atoms with Crippen LogP contribution in [0.5, 0.6) is 5.75 Å². The summed E-state index contributed by atoms with van der Waals surface area (Å²) in [6.45, 7) is 0. The second kappa shape index (κ2) is 8.01. The predicted molar refractivity (Wildman–Crippen MR) is 132 cm³/mol. The van der Waals surface area contributed by atoms with Crippen LogP contribution >= 0.6 is 11.3 Å². The van der Waals surface area contributed by atoms with Gasteiger partial charge in [-0.3, -0.25) is 9.36 Å². The number of aryl methyl sites for hydroxylation is 1. The number of aromatic nitrogens is 1. The minimum atomic E-state index is -0.135. The summed E-state index contributed by atoms with van der Waals surface area (Å²) in [5.74, 6) is 0.795. The molecule has 3 aromatic carbocycles. The largest absolute Gasteiger partial charge is 0.497 e. The van der Waals surface area contributed by atoms with E-state index >= 15 is 0 Å². The highest BCUT2D eigenvalue weighted by molar-refractivity contribution is 7.07. The van der Waals surface area contributed by atoms with Crippen LogP contribution in [0.25, 0.3) is 11.8 Å². The lowest BCUT2D eigenvalue weighted by Gasteiger charge is -2.30. The molecule has 0 saturated carbocycles.